The number of hydrogen-bond acceptors (Lipinski definition) is 4. The lowest BCUT2D eigenvalue weighted by molar-refractivity contribution is -0.384. The van der Waals surface area contributed by atoms with Crippen molar-refractivity contribution in [3.05, 3.63) is 46.0 Å². The van der Waals surface area contributed by atoms with Crippen molar-refractivity contribution in [1.29, 1.82) is 0 Å². The molecular weight excluding hydrogens is 210 g/mol. The highest BCUT2D eigenvalue weighted by molar-refractivity contribution is 5.84. The molecule has 5 nitrogen and oxygen atoms in total. The Morgan fingerprint density at radius 3 is 2.31 bits per heavy atom. The highest BCUT2D eigenvalue weighted by Gasteiger charge is 2.06. The Labute approximate surface area is 92.5 Å². The van der Waals surface area contributed by atoms with Crippen molar-refractivity contribution in [1.82, 2.24) is 0 Å². The van der Waals surface area contributed by atoms with Gasteiger partial charge in [0.25, 0.3) is 5.69 Å². The fourth-order valence-electron chi connectivity index (χ4n) is 1.02. The van der Waals surface area contributed by atoms with Crippen LogP contribution in [-0.2, 0) is 4.79 Å². The van der Waals surface area contributed by atoms with Crippen LogP contribution in [0.15, 0.2) is 35.9 Å². The molecule has 0 aliphatic rings. The molecule has 0 aliphatic carbocycles. The molecule has 0 bridgehead atoms. The van der Waals surface area contributed by atoms with E-state index < -0.39 is 10.9 Å². The summed E-state index contributed by atoms with van der Waals surface area (Å²) in [6.45, 7) is 3.55. The first-order valence-corrected chi connectivity index (χ1v) is 4.60. The Morgan fingerprint density at radius 2 is 1.88 bits per heavy atom. The predicted molar refractivity (Wildman–Crippen MR) is 58.2 cm³/mol. The van der Waals surface area contributed by atoms with Crippen LogP contribution in [-0.4, -0.2) is 10.9 Å². The average molecular weight is 221 g/mol. The van der Waals surface area contributed by atoms with E-state index in [0.717, 1.165) is 5.57 Å². The van der Waals surface area contributed by atoms with Gasteiger partial charge in [0, 0.05) is 18.2 Å². The van der Waals surface area contributed by atoms with Gasteiger partial charge in [-0.15, -0.1) is 0 Å². The van der Waals surface area contributed by atoms with Crippen LogP contribution in [0.5, 0.6) is 5.75 Å². The van der Waals surface area contributed by atoms with E-state index in [2.05, 4.69) is 0 Å². The molecule has 0 amide bonds. The van der Waals surface area contributed by atoms with Crippen LogP contribution in [0.2, 0.25) is 0 Å². The maximum absolute atomic E-state index is 11.2. The number of carbonyl (C=O) groups is 1. The summed E-state index contributed by atoms with van der Waals surface area (Å²) in [5.74, 6) is -0.207. The second kappa shape index (κ2) is 5.06. The van der Waals surface area contributed by atoms with Crippen LogP contribution >= 0.6 is 0 Å². The van der Waals surface area contributed by atoms with Gasteiger partial charge in [-0.25, -0.2) is 4.79 Å². The van der Waals surface area contributed by atoms with E-state index in [-0.39, 0.29) is 11.4 Å². The number of esters is 1. The van der Waals surface area contributed by atoms with Crippen molar-refractivity contribution in [2.45, 2.75) is 13.8 Å². The third-order valence-electron chi connectivity index (χ3n) is 1.67. The van der Waals surface area contributed by atoms with Gasteiger partial charge in [0.2, 0.25) is 0 Å². The topological polar surface area (TPSA) is 69.4 Å². The van der Waals surface area contributed by atoms with Gasteiger partial charge >= 0.3 is 5.97 Å². The molecule has 0 unspecified atom stereocenters. The van der Waals surface area contributed by atoms with E-state index in [1.165, 1.54) is 30.3 Å². The summed E-state index contributed by atoms with van der Waals surface area (Å²) < 4.78 is 4.92. The minimum atomic E-state index is -0.512. The molecule has 0 aromatic heterocycles. The smallest absolute Gasteiger partial charge is 0.336 e. The second-order valence-electron chi connectivity index (χ2n) is 3.39. The molecule has 0 aliphatic heterocycles. The lowest BCUT2D eigenvalue weighted by atomic mass is 10.3. The number of nitro benzene ring substituents is 1. The number of ether oxygens (including phenoxy) is 1. The lowest BCUT2D eigenvalue weighted by Gasteiger charge is -2.00. The zero-order valence-electron chi connectivity index (χ0n) is 8.97. The Morgan fingerprint density at radius 1 is 1.31 bits per heavy atom. The van der Waals surface area contributed by atoms with E-state index in [0.29, 0.717) is 0 Å². The molecule has 0 radical (unpaired) electrons. The van der Waals surface area contributed by atoms with Crippen LogP contribution < -0.4 is 4.74 Å². The zero-order valence-corrected chi connectivity index (χ0v) is 8.97. The molecule has 84 valence electrons. The normalized spacial score (nSPS) is 9.38. The number of carbonyl (C=O) groups excluding carboxylic acids is 1. The van der Waals surface area contributed by atoms with E-state index in [1.54, 1.807) is 13.8 Å². The fraction of sp³-hybridized carbons (Fsp3) is 0.182. The van der Waals surface area contributed by atoms with Gasteiger partial charge in [-0.05, 0) is 26.0 Å². The zero-order chi connectivity index (χ0) is 12.1. The Balaban J connectivity index is 2.73. The van der Waals surface area contributed by atoms with Crippen molar-refractivity contribution in [3.63, 3.8) is 0 Å². The molecule has 0 saturated carbocycles. The van der Waals surface area contributed by atoms with E-state index in [1.807, 2.05) is 0 Å². The number of allylic oxidation sites excluding steroid dienone is 1. The highest BCUT2D eigenvalue weighted by atomic mass is 16.6. The monoisotopic (exact) mass is 221 g/mol. The minimum Gasteiger partial charge on any atom is -0.423 e. The molecule has 0 heterocycles. The van der Waals surface area contributed by atoms with Crippen molar-refractivity contribution < 1.29 is 14.5 Å². The van der Waals surface area contributed by atoms with Crippen LogP contribution in [0.4, 0.5) is 5.69 Å². The van der Waals surface area contributed by atoms with Crippen LogP contribution in [0, 0.1) is 10.1 Å². The van der Waals surface area contributed by atoms with E-state index in [4.69, 9.17) is 4.74 Å². The molecule has 16 heavy (non-hydrogen) atoms. The molecule has 5 heteroatoms. The van der Waals surface area contributed by atoms with E-state index in [9.17, 15) is 14.9 Å². The summed E-state index contributed by atoms with van der Waals surface area (Å²) in [4.78, 5) is 21.1. The largest absolute Gasteiger partial charge is 0.423 e. The third-order valence-corrected chi connectivity index (χ3v) is 1.67. The summed E-state index contributed by atoms with van der Waals surface area (Å²) in [6, 6.07) is 5.33. The highest BCUT2D eigenvalue weighted by Crippen LogP contribution is 2.17. The van der Waals surface area contributed by atoms with Gasteiger partial charge in [-0.2, -0.15) is 0 Å². The van der Waals surface area contributed by atoms with Crippen LogP contribution in [0.1, 0.15) is 13.8 Å². The van der Waals surface area contributed by atoms with Gasteiger partial charge < -0.3 is 4.74 Å². The number of non-ortho nitro benzene ring substituents is 1. The fourth-order valence-corrected chi connectivity index (χ4v) is 1.02. The maximum atomic E-state index is 11.2. The number of benzene rings is 1. The first-order valence-electron chi connectivity index (χ1n) is 4.60. The predicted octanol–water partition coefficient (Wildman–Crippen LogP) is 2.47. The SMILES string of the molecule is CC(C)=CC(=O)Oc1ccc([N+](=O)[O-])cc1. The van der Waals surface area contributed by atoms with Gasteiger partial charge in [0.1, 0.15) is 5.75 Å². The summed E-state index contributed by atoms with van der Waals surface area (Å²) in [6.07, 6.45) is 1.35. The first-order chi connectivity index (χ1) is 7.49. The van der Waals surface area contributed by atoms with Crippen molar-refractivity contribution in [2.24, 2.45) is 0 Å². The number of nitro groups is 1. The Hall–Kier alpha value is -2.17. The van der Waals surface area contributed by atoms with Crippen molar-refractivity contribution in [3.8, 4) is 5.75 Å². The summed E-state index contributed by atoms with van der Waals surface area (Å²) >= 11 is 0. The minimum absolute atomic E-state index is 0.0398. The molecule has 0 N–H and O–H groups in total. The van der Waals surface area contributed by atoms with Gasteiger partial charge in [-0.3, -0.25) is 10.1 Å². The number of rotatable bonds is 3. The molecule has 1 aromatic rings. The standard InChI is InChI=1S/C11H11NO4/c1-8(2)7-11(13)16-10-5-3-9(4-6-10)12(14)15/h3-7H,1-2H3. The Kier molecular flexibility index (Phi) is 3.77. The third kappa shape index (κ3) is 3.53. The molecule has 1 aromatic carbocycles. The Bertz CT molecular complexity index is 430. The van der Waals surface area contributed by atoms with Crippen molar-refractivity contribution in [2.75, 3.05) is 0 Å². The van der Waals surface area contributed by atoms with Gasteiger partial charge in [0.05, 0.1) is 4.92 Å². The molecule has 0 fully saturated rings. The van der Waals surface area contributed by atoms with Crippen LogP contribution in [0.25, 0.3) is 0 Å². The van der Waals surface area contributed by atoms with Crippen molar-refractivity contribution >= 4 is 11.7 Å². The number of hydrogen-bond donors (Lipinski definition) is 0. The maximum Gasteiger partial charge on any atom is 0.336 e. The number of nitrogens with zero attached hydrogens (tertiary/aromatic N) is 1. The average Bonchev–Trinajstić information content (AvgIpc) is 2.16. The first kappa shape index (κ1) is 11.9. The van der Waals surface area contributed by atoms with E-state index >= 15 is 0 Å². The lowest BCUT2D eigenvalue weighted by Crippen LogP contribution is -2.04. The molecule has 0 spiro atoms. The van der Waals surface area contributed by atoms with Crippen LogP contribution in [0.3, 0.4) is 0 Å². The summed E-state index contributed by atoms with van der Waals surface area (Å²) in [5.41, 5.74) is 0.786. The molecular formula is C11H11NO4. The molecule has 0 saturated heterocycles. The summed E-state index contributed by atoms with van der Waals surface area (Å²) in [7, 11) is 0. The van der Waals surface area contributed by atoms with Gasteiger partial charge in [-0.1, -0.05) is 5.57 Å². The second-order valence-corrected chi connectivity index (χ2v) is 3.39. The quantitative estimate of drug-likeness (QED) is 0.258. The molecule has 1 rings (SSSR count). The molecule has 0 atom stereocenters. The van der Waals surface area contributed by atoms with Gasteiger partial charge in [0.15, 0.2) is 0 Å². The summed E-state index contributed by atoms with van der Waals surface area (Å²) in [5, 5.41) is 10.4.